The number of hydrogen-bond donors (Lipinski definition) is 1. The number of halogens is 1. The number of likely N-dealkylation sites (tertiary alicyclic amines) is 1. The summed E-state index contributed by atoms with van der Waals surface area (Å²) in [6.07, 6.45) is 3.04. The molecule has 0 bridgehead atoms. The van der Waals surface area contributed by atoms with E-state index in [1.54, 1.807) is 17.0 Å². The summed E-state index contributed by atoms with van der Waals surface area (Å²) < 4.78 is 0. The van der Waals surface area contributed by atoms with Crippen molar-refractivity contribution in [1.82, 2.24) is 9.88 Å². The average molecular weight is 394 g/mol. The third kappa shape index (κ3) is 3.85. The number of benzene rings is 2. The number of aromatic nitrogens is 1. The third-order valence-corrected chi connectivity index (χ3v) is 5.30. The molecule has 1 N–H and O–H groups in total. The molecule has 2 heterocycles. The standard InChI is InChI=1S/C22H20ClN3O2/c23-17-10-11-20(24-13-17)25-21(27)16-7-4-12-26(14-16)22(28)19-9-3-6-15-5-1-2-8-18(15)19/h1-3,5-6,8-11,13,16H,4,7,12,14H2,(H,24,25,27). The monoisotopic (exact) mass is 393 g/mol. The van der Waals surface area contributed by atoms with Crippen molar-refractivity contribution in [3.8, 4) is 0 Å². The lowest BCUT2D eigenvalue weighted by molar-refractivity contribution is -0.121. The van der Waals surface area contributed by atoms with E-state index in [4.69, 9.17) is 11.6 Å². The molecule has 1 fully saturated rings. The van der Waals surface area contributed by atoms with Crippen LogP contribution in [0.5, 0.6) is 0 Å². The smallest absolute Gasteiger partial charge is 0.254 e. The van der Waals surface area contributed by atoms with Crippen LogP contribution in [-0.2, 0) is 4.79 Å². The maximum Gasteiger partial charge on any atom is 0.254 e. The molecular formula is C22H20ClN3O2. The van der Waals surface area contributed by atoms with Crippen LogP contribution in [0.25, 0.3) is 10.8 Å². The minimum atomic E-state index is -0.259. The SMILES string of the molecule is O=C(Nc1ccc(Cl)cn1)C1CCCN(C(=O)c2cccc3ccccc23)C1. The van der Waals surface area contributed by atoms with Crippen molar-refractivity contribution in [1.29, 1.82) is 0 Å². The Morgan fingerprint density at radius 3 is 2.71 bits per heavy atom. The summed E-state index contributed by atoms with van der Waals surface area (Å²) >= 11 is 5.83. The van der Waals surface area contributed by atoms with Crippen molar-refractivity contribution in [2.75, 3.05) is 18.4 Å². The van der Waals surface area contributed by atoms with E-state index in [-0.39, 0.29) is 17.7 Å². The Labute approximate surface area is 168 Å². The van der Waals surface area contributed by atoms with Gasteiger partial charge < -0.3 is 10.2 Å². The summed E-state index contributed by atoms with van der Waals surface area (Å²) in [7, 11) is 0. The lowest BCUT2D eigenvalue weighted by Gasteiger charge is -2.32. The number of rotatable bonds is 3. The molecule has 1 aliphatic heterocycles. The van der Waals surface area contributed by atoms with Gasteiger partial charge in [-0.15, -0.1) is 0 Å². The lowest BCUT2D eigenvalue weighted by atomic mass is 9.95. The number of nitrogens with zero attached hydrogens (tertiary/aromatic N) is 2. The molecule has 2 aromatic carbocycles. The molecule has 1 saturated heterocycles. The van der Waals surface area contributed by atoms with Crippen molar-refractivity contribution in [2.45, 2.75) is 12.8 Å². The Morgan fingerprint density at radius 1 is 1.07 bits per heavy atom. The fraction of sp³-hybridized carbons (Fsp3) is 0.227. The Kier molecular flexibility index (Phi) is 5.26. The van der Waals surface area contributed by atoms with E-state index >= 15 is 0 Å². The van der Waals surface area contributed by atoms with Gasteiger partial charge in [0.2, 0.25) is 5.91 Å². The Morgan fingerprint density at radius 2 is 1.89 bits per heavy atom. The first-order valence-corrected chi connectivity index (χ1v) is 9.69. The fourth-order valence-electron chi connectivity index (χ4n) is 3.64. The highest BCUT2D eigenvalue weighted by Gasteiger charge is 2.29. The molecule has 0 aliphatic carbocycles. The minimum Gasteiger partial charge on any atom is -0.338 e. The molecule has 5 nitrogen and oxygen atoms in total. The van der Waals surface area contributed by atoms with Gasteiger partial charge in [0, 0.05) is 24.8 Å². The van der Waals surface area contributed by atoms with Gasteiger partial charge in [0.05, 0.1) is 10.9 Å². The Balaban J connectivity index is 1.49. The zero-order valence-corrected chi connectivity index (χ0v) is 16.0. The largest absolute Gasteiger partial charge is 0.338 e. The molecule has 1 aliphatic rings. The summed E-state index contributed by atoms with van der Waals surface area (Å²) in [5.41, 5.74) is 0.679. The zero-order valence-electron chi connectivity index (χ0n) is 15.3. The second-order valence-electron chi connectivity index (χ2n) is 6.97. The third-order valence-electron chi connectivity index (χ3n) is 5.08. The summed E-state index contributed by atoms with van der Waals surface area (Å²) in [5.74, 6) is 0.0567. The summed E-state index contributed by atoms with van der Waals surface area (Å²) in [5, 5.41) is 5.31. The van der Waals surface area contributed by atoms with E-state index in [1.807, 2.05) is 42.5 Å². The highest BCUT2D eigenvalue weighted by molar-refractivity contribution is 6.30. The van der Waals surface area contributed by atoms with Crippen molar-refractivity contribution in [3.05, 3.63) is 71.4 Å². The number of fused-ring (bicyclic) bond motifs is 1. The Hall–Kier alpha value is -2.92. The molecule has 142 valence electrons. The Bertz CT molecular complexity index is 1010. The first-order chi connectivity index (χ1) is 13.6. The summed E-state index contributed by atoms with van der Waals surface area (Å²) in [6.45, 7) is 1.06. The number of pyridine rings is 1. The van der Waals surface area contributed by atoms with Crippen molar-refractivity contribution in [3.63, 3.8) is 0 Å². The van der Waals surface area contributed by atoms with Gasteiger partial charge in [-0.3, -0.25) is 9.59 Å². The number of carbonyl (C=O) groups excluding carboxylic acids is 2. The van der Waals surface area contributed by atoms with Gasteiger partial charge in [0.15, 0.2) is 0 Å². The van der Waals surface area contributed by atoms with Crippen LogP contribution < -0.4 is 5.32 Å². The second-order valence-corrected chi connectivity index (χ2v) is 7.40. The number of anilines is 1. The number of nitrogens with one attached hydrogen (secondary N) is 1. The molecule has 0 radical (unpaired) electrons. The van der Waals surface area contributed by atoms with Crippen molar-refractivity contribution >= 4 is 40.0 Å². The number of carbonyl (C=O) groups is 2. The highest BCUT2D eigenvalue weighted by Crippen LogP contribution is 2.24. The summed E-state index contributed by atoms with van der Waals surface area (Å²) in [4.78, 5) is 31.7. The first-order valence-electron chi connectivity index (χ1n) is 9.31. The molecular weight excluding hydrogens is 374 g/mol. The van der Waals surface area contributed by atoms with Gasteiger partial charge in [0.1, 0.15) is 5.82 Å². The van der Waals surface area contributed by atoms with Crippen LogP contribution in [0.3, 0.4) is 0 Å². The predicted octanol–water partition coefficient (Wildman–Crippen LogP) is 4.38. The topological polar surface area (TPSA) is 62.3 Å². The van der Waals surface area contributed by atoms with Gasteiger partial charge in [-0.05, 0) is 41.8 Å². The molecule has 3 aromatic rings. The predicted molar refractivity (Wildman–Crippen MR) is 110 cm³/mol. The fourth-order valence-corrected chi connectivity index (χ4v) is 3.75. The number of hydrogen-bond acceptors (Lipinski definition) is 3. The van der Waals surface area contributed by atoms with Crippen LogP contribution in [0, 0.1) is 5.92 Å². The highest BCUT2D eigenvalue weighted by atomic mass is 35.5. The average Bonchev–Trinajstić information content (AvgIpc) is 2.74. The maximum atomic E-state index is 13.1. The molecule has 28 heavy (non-hydrogen) atoms. The molecule has 6 heteroatoms. The van der Waals surface area contributed by atoms with Gasteiger partial charge in [-0.25, -0.2) is 4.98 Å². The van der Waals surface area contributed by atoms with Crippen LogP contribution in [-0.4, -0.2) is 34.8 Å². The van der Waals surface area contributed by atoms with E-state index < -0.39 is 0 Å². The first kappa shape index (κ1) is 18.4. The molecule has 0 spiro atoms. The van der Waals surface area contributed by atoms with E-state index in [9.17, 15) is 9.59 Å². The van der Waals surface area contributed by atoms with E-state index in [2.05, 4.69) is 10.3 Å². The van der Waals surface area contributed by atoms with E-state index in [0.29, 0.717) is 29.5 Å². The van der Waals surface area contributed by atoms with Gasteiger partial charge in [0.25, 0.3) is 5.91 Å². The molecule has 0 saturated carbocycles. The van der Waals surface area contributed by atoms with Crippen molar-refractivity contribution < 1.29 is 9.59 Å². The normalized spacial score (nSPS) is 16.8. The zero-order chi connectivity index (χ0) is 19.5. The molecule has 1 atom stereocenters. The summed E-state index contributed by atoms with van der Waals surface area (Å²) in [6, 6.07) is 17.0. The van der Waals surface area contributed by atoms with Gasteiger partial charge in [-0.1, -0.05) is 48.0 Å². The second kappa shape index (κ2) is 7.98. The van der Waals surface area contributed by atoms with E-state index in [1.165, 1.54) is 6.20 Å². The van der Waals surface area contributed by atoms with Crippen molar-refractivity contribution in [2.24, 2.45) is 5.92 Å². The number of amides is 2. The van der Waals surface area contributed by atoms with Crippen LogP contribution in [0.1, 0.15) is 23.2 Å². The van der Waals surface area contributed by atoms with Crippen LogP contribution in [0.4, 0.5) is 5.82 Å². The molecule has 1 unspecified atom stereocenters. The molecule has 1 aromatic heterocycles. The maximum absolute atomic E-state index is 13.1. The number of piperidine rings is 1. The van der Waals surface area contributed by atoms with Crippen LogP contribution >= 0.6 is 11.6 Å². The molecule has 4 rings (SSSR count). The van der Waals surface area contributed by atoms with E-state index in [0.717, 1.165) is 23.6 Å². The van der Waals surface area contributed by atoms with Crippen LogP contribution in [0.2, 0.25) is 5.02 Å². The van der Waals surface area contributed by atoms with Crippen LogP contribution in [0.15, 0.2) is 60.8 Å². The lowest BCUT2D eigenvalue weighted by Crippen LogP contribution is -2.43. The molecule has 2 amide bonds. The van der Waals surface area contributed by atoms with Gasteiger partial charge in [-0.2, -0.15) is 0 Å². The minimum absolute atomic E-state index is 0.0288. The van der Waals surface area contributed by atoms with Gasteiger partial charge >= 0.3 is 0 Å². The quantitative estimate of drug-likeness (QED) is 0.718.